The fourth-order valence-corrected chi connectivity index (χ4v) is 4.76. The minimum Gasteiger partial charge on any atom is -0.481 e. The maximum absolute atomic E-state index is 14.3. The summed E-state index contributed by atoms with van der Waals surface area (Å²) in [6, 6.07) is 12.0. The SMILES string of the molecule is CC[C@H](C)C(OCc1ccccc1F)C1C(C(=O)NCCC(=O)O)NC(c2ccccc2)C1[N+](=O)[O-]. The van der Waals surface area contributed by atoms with E-state index < -0.39 is 47.8 Å². The zero-order chi connectivity index (χ0) is 26.2. The van der Waals surface area contributed by atoms with Crippen molar-refractivity contribution in [3.8, 4) is 0 Å². The molecule has 0 radical (unpaired) electrons. The third-order valence-electron chi connectivity index (χ3n) is 6.78. The second kappa shape index (κ2) is 12.5. The molecule has 1 aliphatic rings. The van der Waals surface area contributed by atoms with E-state index in [1.165, 1.54) is 6.07 Å². The number of benzene rings is 2. The first-order valence-electron chi connectivity index (χ1n) is 12.0. The van der Waals surface area contributed by atoms with Crippen LogP contribution in [0.4, 0.5) is 4.39 Å². The number of amides is 1. The van der Waals surface area contributed by atoms with Gasteiger partial charge in [-0.2, -0.15) is 0 Å². The number of nitrogens with one attached hydrogen (secondary N) is 2. The quantitative estimate of drug-likeness (QED) is 0.300. The van der Waals surface area contributed by atoms with Gasteiger partial charge in [-0.25, -0.2) is 4.39 Å². The zero-order valence-corrected chi connectivity index (χ0v) is 20.3. The number of nitrogens with zero attached hydrogens (tertiary/aromatic N) is 1. The van der Waals surface area contributed by atoms with Crippen molar-refractivity contribution in [2.75, 3.05) is 6.54 Å². The predicted molar refractivity (Wildman–Crippen MR) is 130 cm³/mol. The second-order valence-corrected chi connectivity index (χ2v) is 9.07. The minimum absolute atomic E-state index is 0.105. The van der Waals surface area contributed by atoms with Crippen molar-refractivity contribution < 1.29 is 28.7 Å². The van der Waals surface area contributed by atoms with E-state index in [-0.39, 0.29) is 30.4 Å². The highest BCUT2D eigenvalue weighted by Crippen LogP contribution is 2.39. The minimum atomic E-state index is -1.21. The van der Waals surface area contributed by atoms with Gasteiger partial charge < -0.3 is 15.2 Å². The maximum Gasteiger partial charge on any atom is 0.305 e. The number of hydrogen-bond acceptors (Lipinski definition) is 6. The molecule has 1 heterocycles. The second-order valence-electron chi connectivity index (χ2n) is 9.07. The maximum atomic E-state index is 14.3. The Morgan fingerprint density at radius 2 is 1.86 bits per heavy atom. The summed E-state index contributed by atoms with van der Waals surface area (Å²) in [7, 11) is 0. The molecule has 9 nitrogen and oxygen atoms in total. The van der Waals surface area contributed by atoms with E-state index >= 15 is 0 Å². The summed E-state index contributed by atoms with van der Waals surface area (Å²) in [4.78, 5) is 36.2. The summed E-state index contributed by atoms with van der Waals surface area (Å²) in [5.74, 6) is -3.12. The Bertz CT molecular complexity index is 1050. The Morgan fingerprint density at radius 3 is 2.47 bits per heavy atom. The van der Waals surface area contributed by atoms with E-state index in [4.69, 9.17) is 9.84 Å². The number of carbonyl (C=O) groups excluding carboxylic acids is 1. The molecule has 0 aliphatic carbocycles. The largest absolute Gasteiger partial charge is 0.481 e. The van der Waals surface area contributed by atoms with Gasteiger partial charge >= 0.3 is 5.97 Å². The summed E-state index contributed by atoms with van der Waals surface area (Å²) in [6.45, 7) is 3.59. The van der Waals surface area contributed by atoms with Gasteiger partial charge in [0, 0.05) is 17.0 Å². The molecule has 3 rings (SSSR count). The van der Waals surface area contributed by atoms with Crippen molar-refractivity contribution in [1.29, 1.82) is 0 Å². The van der Waals surface area contributed by atoms with Gasteiger partial charge in [0.05, 0.1) is 31.1 Å². The highest BCUT2D eigenvalue weighted by Gasteiger charge is 2.57. The standard InChI is InChI=1S/C26H32FN3O6/c1-3-16(2)25(36-15-18-11-7-8-12-19(18)27)21-23(26(33)28-14-13-20(31)32)29-22(24(21)30(34)35)17-9-5-4-6-10-17/h4-12,16,21-25,29H,3,13-15H2,1-2H3,(H,28,33)(H,31,32)/t16-,21?,22?,23?,24?,25?/m0/s1. The summed E-state index contributed by atoms with van der Waals surface area (Å²) >= 11 is 0. The predicted octanol–water partition coefficient (Wildman–Crippen LogP) is 3.32. The summed E-state index contributed by atoms with van der Waals surface area (Å²) in [5.41, 5.74) is 0.971. The Morgan fingerprint density at radius 1 is 1.19 bits per heavy atom. The molecular weight excluding hydrogens is 469 g/mol. The van der Waals surface area contributed by atoms with Crippen molar-refractivity contribution in [3.63, 3.8) is 0 Å². The molecule has 5 unspecified atom stereocenters. The van der Waals surface area contributed by atoms with E-state index in [9.17, 15) is 24.1 Å². The highest BCUT2D eigenvalue weighted by molar-refractivity contribution is 5.83. The monoisotopic (exact) mass is 501 g/mol. The van der Waals surface area contributed by atoms with Gasteiger partial charge in [0.1, 0.15) is 11.9 Å². The van der Waals surface area contributed by atoms with Crippen molar-refractivity contribution in [2.24, 2.45) is 11.8 Å². The van der Waals surface area contributed by atoms with Crippen LogP contribution < -0.4 is 10.6 Å². The smallest absolute Gasteiger partial charge is 0.305 e. The fourth-order valence-electron chi connectivity index (χ4n) is 4.76. The zero-order valence-electron chi connectivity index (χ0n) is 20.3. The van der Waals surface area contributed by atoms with Gasteiger partial charge in [-0.05, 0) is 17.5 Å². The van der Waals surface area contributed by atoms with Crippen LogP contribution in [-0.2, 0) is 20.9 Å². The molecule has 0 bridgehead atoms. The lowest BCUT2D eigenvalue weighted by atomic mass is 9.80. The highest BCUT2D eigenvalue weighted by atomic mass is 19.1. The van der Waals surface area contributed by atoms with Gasteiger partial charge in [-0.3, -0.25) is 25.0 Å². The molecule has 0 spiro atoms. The first-order chi connectivity index (χ1) is 17.2. The summed E-state index contributed by atoms with van der Waals surface area (Å²) in [5, 5.41) is 27.1. The van der Waals surface area contributed by atoms with Gasteiger partial charge in [0.15, 0.2) is 0 Å². The van der Waals surface area contributed by atoms with E-state index in [0.29, 0.717) is 17.5 Å². The van der Waals surface area contributed by atoms with Crippen LogP contribution in [0.2, 0.25) is 0 Å². The number of nitro groups is 1. The lowest BCUT2D eigenvalue weighted by Crippen LogP contribution is -2.51. The Hall–Kier alpha value is -3.37. The lowest BCUT2D eigenvalue weighted by molar-refractivity contribution is -0.535. The first-order valence-corrected chi connectivity index (χ1v) is 12.0. The van der Waals surface area contributed by atoms with Crippen LogP contribution in [0.1, 0.15) is 43.9 Å². The summed E-state index contributed by atoms with van der Waals surface area (Å²) < 4.78 is 20.5. The van der Waals surface area contributed by atoms with Crippen LogP contribution in [0, 0.1) is 27.8 Å². The topological polar surface area (TPSA) is 131 Å². The molecule has 1 saturated heterocycles. The van der Waals surface area contributed by atoms with Crippen LogP contribution in [0.25, 0.3) is 0 Å². The number of hydrogen-bond donors (Lipinski definition) is 3. The number of rotatable bonds is 12. The molecule has 2 aromatic rings. The molecule has 10 heteroatoms. The van der Waals surface area contributed by atoms with Gasteiger partial charge in [0.25, 0.3) is 0 Å². The van der Waals surface area contributed by atoms with Gasteiger partial charge in [-0.1, -0.05) is 68.8 Å². The molecule has 1 fully saturated rings. The van der Waals surface area contributed by atoms with Crippen LogP contribution in [0.3, 0.4) is 0 Å². The number of halogens is 1. The molecule has 0 aromatic heterocycles. The molecule has 6 atom stereocenters. The molecule has 2 aromatic carbocycles. The first kappa shape index (κ1) is 27.2. The van der Waals surface area contributed by atoms with Crippen LogP contribution in [0.5, 0.6) is 0 Å². The number of carboxylic acid groups (broad SMARTS) is 1. The van der Waals surface area contributed by atoms with E-state index in [0.717, 1.165) is 0 Å². The Kier molecular flexibility index (Phi) is 9.49. The van der Waals surface area contributed by atoms with Crippen molar-refractivity contribution in [2.45, 2.75) is 57.5 Å². The normalized spacial score (nSPS) is 23.1. The Labute approximate surface area is 209 Å². The molecule has 3 N–H and O–H groups in total. The van der Waals surface area contributed by atoms with E-state index in [1.807, 2.05) is 13.8 Å². The number of carboxylic acids is 1. The molecule has 1 aliphatic heterocycles. The molecule has 0 saturated carbocycles. The molecule has 194 valence electrons. The van der Waals surface area contributed by atoms with Crippen molar-refractivity contribution in [3.05, 3.63) is 81.7 Å². The molecule has 36 heavy (non-hydrogen) atoms. The third-order valence-corrected chi connectivity index (χ3v) is 6.78. The van der Waals surface area contributed by atoms with Crippen LogP contribution in [-0.4, -0.2) is 46.6 Å². The van der Waals surface area contributed by atoms with E-state index in [1.54, 1.807) is 48.5 Å². The van der Waals surface area contributed by atoms with Gasteiger partial charge in [-0.15, -0.1) is 0 Å². The van der Waals surface area contributed by atoms with E-state index in [2.05, 4.69) is 10.6 Å². The van der Waals surface area contributed by atoms with Crippen LogP contribution >= 0.6 is 0 Å². The number of ether oxygens (including phenoxy) is 1. The van der Waals surface area contributed by atoms with Crippen LogP contribution in [0.15, 0.2) is 54.6 Å². The molecule has 1 amide bonds. The average Bonchev–Trinajstić information content (AvgIpc) is 3.26. The molecular formula is C26H32FN3O6. The third kappa shape index (κ3) is 6.44. The van der Waals surface area contributed by atoms with Crippen molar-refractivity contribution in [1.82, 2.24) is 10.6 Å². The number of carbonyl (C=O) groups is 2. The van der Waals surface area contributed by atoms with Gasteiger partial charge in [0.2, 0.25) is 11.9 Å². The average molecular weight is 502 g/mol. The van der Waals surface area contributed by atoms with Crippen molar-refractivity contribution >= 4 is 11.9 Å². The Balaban J connectivity index is 1.98. The summed E-state index contributed by atoms with van der Waals surface area (Å²) in [6.07, 6.45) is -0.407. The fraction of sp³-hybridized carbons (Fsp3) is 0.462. The number of aliphatic carboxylic acids is 1. The lowest BCUT2D eigenvalue weighted by Gasteiger charge is -2.32.